The summed E-state index contributed by atoms with van der Waals surface area (Å²) in [6.45, 7) is 13.7. The first-order chi connectivity index (χ1) is 17.5. The highest BCUT2D eigenvalue weighted by atomic mass is 32.2. The topological polar surface area (TPSA) is 118 Å². The van der Waals surface area contributed by atoms with Gasteiger partial charge in [0.05, 0.1) is 30.4 Å². The predicted molar refractivity (Wildman–Crippen MR) is 147 cm³/mol. The third kappa shape index (κ3) is 5.42. The maximum atomic E-state index is 12.3. The molecule has 4 heterocycles. The summed E-state index contributed by atoms with van der Waals surface area (Å²) in [6, 6.07) is 0. The molecule has 10 nitrogen and oxygen atoms in total. The number of carboxylic acid groups (broad SMARTS) is 1. The van der Waals surface area contributed by atoms with Crippen molar-refractivity contribution in [2.24, 2.45) is 0 Å². The molecule has 3 aromatic heterocycles. The molecule has 0 fully saturated rings. The maximum absolute atomic E-state index is 12.3. The number of methoxy groups -OCH3 is 1. The Balaban J connectivity index is 1.89. The standard InChI is InChI=1S/C26H35N7O3S/c1-8-27-10-9-17-11-18-20-22(32(31-18)13-19-16(3)21(36-7)15(2)12-28-19)29-24(30-23(20)37-14-17)33(25(34)35)26(4,5)6/h11-12,27H,8-10,13-14H2,1-7H3,(H,34,35). The molecule has 1 amide bonds. The van der Waals surface area contributed by atoms with E-state index >= 15 is 0 Å². The average Bonchev–Trinajstić information content (AvgIpc) is 3.04. The molecule has 0 aliphatic carbocycles. The van der Waals surface area contributed by atoms with Gasteiger partial charge in [-0.3, -0.25) is 4.98 Å². The third-order valence-electron chi connectivity index (χ3n) is 6.29. The summed E-state index contributed by atoms with van der Waals surface area (Å²) in [7, 11) is 1.65. The summed E-state index contributed by atoms with van der Waals surface area (Å²) in [5, 5.41) is 19.9. The number of rotatable bonds is 8. The van der Waals surface area contributed by atoms with Gasteiger partial charge >= 0.3 is 6.09 Å². The van der Waals surface area contributed by atoms with Crippen molar-refractivity contribution < 1.29 is 14.6 Å². The van der Waals surface area contributed by atoms with Crippen LogP contribution in [-0.2, 0) is 6.54 Å². The first-order valence-corrected chi connectivity index (χ1v) is 13.4. The van der Waals surface area contributed by atoms with E-state index < -0.39 is 11.6 Å². The van der Waals surface area contributed by atoms with Gasteiger partial charge in [0.1, 0.15) is 10.8 Å². The van der Waals surface area contributed by atoms with Crippen LogP contribution in [0.1, 0.15) is 56.6 Å². The van der Waals surface area contributed by atoms with E-state index in [1.165, 1.54) is 10.5 Å². The van der Waals surface area contributed by atoms with Crippen LogP contribution in [0.2, 0.25) is 0 Å². The van der Waals surface area contributed by atoms with Crippen molar-refractivity contribution in [3.05, 3.63) is 34.3 Å². The summed E-state index contributed by atoms with van der Waals surface area (Å²) < 4.78 is 7.40. The molecule has 0 saturated carbocycles. The number of hydrogen-bond donors (Lipinski definition) is 2. The molecule has 0 unspecified atom stereocenters. The Morgan fingerprint density at radius 3 is 2.70 bits per heavy atom. The second-order valence-electron chi connectivity index (χ2n) is 10.1. The van der Waals surface area contributed by atoms with Crippen molar-refractivity contribution in [3.8, 4) is 5.75 Å². The van der Waals surface area contributed by atoms with Crippen LogP contribution in [0.25, 0.3) is 17.1 Å². The van der Waals surface area contributed by atoms with Crippen molar-refractivity contribution in [2.75, 3.05) is 30.9 Å². The van der Waals surface area contributed by atoms with E-state index in [4.69, 9.17) is 19.8 Å². The van der Waals surface area contributed by atoms with E-state index in [1.54, 1.807) is 29.8 Å². The van der Waals surface area contributed by atoms with Crippen molar-refractivity contribution in [3.63, 3.8) is 0 Å². The molecule has 2 N–H and O–H groups in total. The van der Waals surface area contributed by atoms with E-state index in [0.29, 0.717) is 12.2 Å². The second kappa shape index (κ2) is 10.7. The SMILES string of the molecule is CCNCCC1=Cc2nn(Cc3ncc(C)c(OC)c3C)c3nc(N(C(=O)O)C(C)(C)C)nc(c23)SC1. The van der Waals surface area contributed by atoms with Gasteiger partial charge < -0.3 is 15.2 Å². The summed E-state index contributed by atoms with van der Waals surface area (Å²) in [5.74, 6) is 1.70. The second-order valence-corrected chi connectivity index (χ2v) is 11.1. The molecule has 0 bridgehead atoms. The number of pyridine rings is 1. The molecule has 0 spiro atoms. The van der Waals surface area contributed by atoms with E-state index in [9.17, 15) is 9.90 Å². The zero-order chi connectivity index (χ0) is 26.9. The van der Waals surface area contributed by atoms with E-state index in [1.807, 2.05) is 34.6 Å². The highest BCUT2D eigenvalue weighted by Crippen LogP contribution is 2.37. The van der Waals surface area contributed by atoms with Crippen LogP contribution in [0.5, 0.6) is 5.75 Å². The molecule has 0 aromatic carbocycles. The number of anilines is 1. The minimum Gasteiger partial charge on any atom is -0.496 e. The lowest BCUT2D eigenvalue weighted by molar-refractivity contribution is 0.195. The van der Waals surface area contributed by atoms with Crippen molar-refractivity contribution in [1.29, 1.82) is 0 Å². The number of nitrogens with one attached hydrogen (secondary N) is 1. The molecule has 3 aromatic rings. The van der Waals surface area contributed by atoms with Crippen molar-refractivity contribution >= 4 is 40.9 Å². The molecular formula is C26H35N7O3S. The zero-order valence-corrected chi connectivity index (χ0v) is 23.4. The Bertz CT molecular complexity index is 1360. The van der Waals surface area contributed by atoms with Gasteiger partial charge in [-0.1, -0.05) is 12.5 Å². The molecule has 37 heavy (non-hydrogen) atoms. The van der Waals surface area contributed by atoms with Crippen molar-refractivity contribution in [2.45, 2.75) is 65.1 Å². The lowest BCUT2D eigenvalue weighted by atomic mass is 10.1. The summed E-state index contributed by atoms with van der Waals surface area (Å²) in [4.78, 5) is 27.7. The molecular weight excluding hydrogens is 490 g/mol. The monoisotopic (exact) mass is 525 g/mol. The lowest BCUT2D eigenvalue weighted by Gasteiger charge is -2.31. The van der Waals surface area contributed by atoms with Crippen LogP contribution in [0, 0.1) is 13.8 Å². The Morgan fingerprint density at radius 2 is 2.05 bits per heavy atom. The summed E-state index contributed by atoms with van der Waals surface area (Å²) in [5.41, 5.74) is 4.61. The Kier molecular flexibility index (Phi) is 7.75. The molecule has 1 aliphatic rings. The van der Waals surface area contributed by atoms with Gasteiger partial charge in [0.2, 0.25) is 5.95 Å². The smallest absolute Gasteiger partial charge is 0.414 e. The number of carbonyl (C=O) groups is 1. The number of ether oxygens (including phenoxy) is 1. The maximum Gasteiger partial charge on any atom is 0.414 e. The largest absolute Gasteiger partial charge is 0.496 e. The third-order valence-corrected chi connectivity index (χ3v) is 7.38. The van der Waals surface area contributed by atoms with Crippen LogP contribution in [0.15, 0.2) is 16.8 Å². The van der Waals surface area contributed by atoms with Gasteiger partial charge in [0.15, 0.2) is 5.65 Å². The van der Waals surface area contributed by atoms with Crippen molar-refractivity contribution in [1.82, 2.24) is 30.0 Å². The van der Waals surface area contributed by atoms with Crippen LogP contribution in [-0.4, -0.2) is 67.4 Å². The summed E-state index contributed by atoms with van der Waals surface area (Å²) in [6.07, 6.45) is 3.71. The van der Waals surface area contributed by atoms with Gasteiger partial charge in [-0.05, 0) is 60.2 Å². The van der Waals surface area contributed by atoms with Crippen LogP contribution in [0.4, 0.5) is 10.7 Å². The molecule has 0 saturated heterocycles. The van der Waals surface area contributed by atoms with Crippen LogP contribution >= 0.6 is 11.8 Å². The fourth-order valence-corrected chi connectivity index (χ4v) is 5.52. The Morgan fingerprint density at radius 1 is 1.30 bits per heavy atom. The molecule has 4 rings (SSSR count). The summed E-state index contributed by atoms with van der Waals surface area (Å²) >= 11 is 1.60. The fourth-order valence-electron chi connectivity index (χ4n) is 4.48. The Labute approximate surface area is 221 Å². The highest BCUT2D eigenvalue weighted by molar-refractivity contribution is 7.99. The number of aryl methyl sites for hydroxylation is 1. The van der Waals surface area contributed by atoms with Gasteiger partial charge in [-0.2, -0.15) is 10.1 Å². The van der Waals surface area contributed by atoms with E-state index in [2.05, 4.69) is 23.3 Å². The van der Waals surface area contributed by atoms with Gasteiger partial charge in [0, 0.05) is 28.6 Å². The molecule has 11 heteroatoms. The minimum atomic E-state index is -1.10. The molecule has 1 aliphatic heterocycles. The van der Waals surface area contributed by atoms with Crippen LogP contribution in [0.3, 0.4) is 0 Å². The predicted octanol–water partition coefficient (Wildman–Crippen LogP) is 4.67. The fraction of sp³-hybridized carbons (Fsp3) is 0.500. The quantitative estimate of drug-likeness (QED) is 0.319. The van der Waals surface area contributed by atoms with E-state index in [0.717, 1.165) is 63.9 Å². The Hall–Kier alpha value is -3.18. The first kappa shape index (κ1) is 26.9. The highest BCUT2D eigenvalue weighted by Gasteiger charge is 2.32. The minimum absolute atomic E-state index is 0.143. The van der Waals surface area contributed by atoms with E-state index in [-0.39, 0.29) is 5.95 Å². The number of thioether (sulfide) groups is 1. The normalized spacial score (nSPS) is 13.4. The number of hydrogen-bond acceptors (Lipinski definition) is 8. The number of amides is 1. The molecule has 0 atom stereocenters. The first-order valence-electron chi connectivity index (χ1n) is 12.4. The zero-order valence-electron chi connectivity index (χ0n) is 22.5. The molecule has 198 valence electrons. The lowest BCUT2D eigenvalue weighted by Crippen LogP contribution is -2.46. The van der Waals surface area contributed by atoms with Gasteiger partial charge in [-0.15, -0.1) is 11.8 Å². The number of aromatic nitrogens is 5. The van der Waals surface area contributed by atoms with Gasteiger partial charge in [-0.25, -0.2) is 19.4 Å². The van der Waals surface area contributed by atoms with Crippen LogP contribution < -0.4 is 15.0 Å². The number of nitrogens with zero attached hydrogens (tertiary/aromatic N) is 6. The van der Waals surface area contributed by atoms with Gasteiger partial charge in [0.25, 0.3) is 0 Å². The average molecular weight is 526 g/mol. The molecule has 0 radical (unpaired) electrons.